The molecule has 0 aliphatic carbocycles. The molecule has 0 aliphatic heterocycles. The Morgan fingerprint density at radius 1 is 1.32 bits per heavy atom. The molecule has 0 aromatic carbocycles. The predicted octanol–water partition coefficient (Wildman–Crippen LogP) is 3.16. The molecule has 0 fully saturated rings. The highest BCUT2D eigenvalue weighted by Gasteiger charge is 2.11. The summed E-state index contributed by atoms with van der Waals surface area (Å²) in [5.41, 5.74) is 0.675. The Morgan fingerprint density at radius 3 is 2.82 bits per heavy atom. The first-order valence-electron chi connectivity index (χ1n) is 7.10. The van der Waals surface area contributed by atoms with Crippen LogP contribution >= 0.6 is 22.7 Å². The molecular weight excluding hydrogens is 318 g/mol. The van der Waals surface area contributed by atoms with Gasteiger partial charge < -0.3 is 5.32 Å². The first-order valence-corrected chi connectivity index (χ1v) is 8.86. The fourth-order valence-electron chi connectivity index (χ4n) is 1.74. The van der Waals surface area contributed by atoms with Crippen molar-refractivity contribution in [1.82, 2.24) is 10.3 Å². The van der Waals surface area contributed by atoms with Gasteiger partial charge in [-0.25, -0.2) is 4.98 Å². The molecular formula is C15H19N3O2S2. The second-order valence-electron chi connectivity index (χ2n) is 5.28. The third-order valence-electron chi connectivity index (χ3n) is 2.90. The van der Waals surface area contributed by atoms with Crippen LogP contribution < -0.4 is 10.6 Å². The molecule has 2 N–H and O–H groups in total. The number of aromatic nitrogens is 1. The number of nitrogens with one attached hydrogen (secondary N) is 2. The summed E-state index contributed by atoms with van der Waals surface area (Å²) in [4.78, 5) is 28.6. The van der Waals surface area contributed by atoms with Crippen LogP contribution in [0.4, 0.5) is 5.13 Å². The number of anilines is 1. The maximum absolute atomic E-state index is 11.9. The molecule has 0 atom stereocenters. The zero-order chi connectivity index (χ0) is 15.9. The van der Waals surface area contributed by atoms with E-state index in [9.17, 15) is 9.59 Å². The van der Waals surface area contributed by atoms with Gasteiger partial charge in [-0.1, -0.05) is 19.9 Å². The number of nitrogens with zero attached hydrogens (tertiary/aromatic N) is 1. The van der Waals surface area contributed by atoms with Crippen LogP contribution in [-0.2, 0) is 11.2 Å². The van der Waals surface area contributed by atoms with E-state index in [1.165, 1.54) is 22.7 Å². The fraction of sp³-hybridized carbons (Fsp3) is 0.400. The molecule has 118 valence electrons. The highest BCUT2D eigenvalue weighted by Crippen LogP contribution is 2.18. The van der Waals surface area contributed by atoms with Crippen molar-refractivity contribution in [3.05, 3.63) is 33.5 Å². The van der Waals surface area contributed by atoms with Crippen molar-refractivity contribution in [2.24, 2.45) is 5.92 Å². The molecule has 2 aromatic rings. The normalized spacial score (nSPS) is 10.7. The number of carbonyl (C=O) groups excluding carboxylic acids is 2. The van der Waals surface area contributed by atoms with Crippen molar-refractivity contribution >= 4 is 39.6 Å². The molecule has 2 amide bonds. The van der Waals surface area contributed by atoms with Crippen molar-refractivity contribution in [3.63, 3.8) is 0 Å². The molecule has 0 unspecified atom stereocenters. The highest BCUT2D eigenvalue weighted by molar-refractivity contribution is 7.14. The molecule has 0 aliphatic rings. The lowest BCUT2D eigenvalue weighted by Gasteiger charge is -2.06. The lowest BCUT2D eigenvalue weighted by molar-refractivity contribution is -0.120. The number of thiazole rings is 1. The molecule has 0 saturated heterocycles. The van der Waals surface area contributed by atoms with Crippen molar-refractivity contribution in [1.29, 1.82) is 0 Å². The van der Waals surface area contributed by atoms with E-state index in [-0.39, 0.29) is 18.2 Å². The maximum atomic E-state index is 11.9. The van der Waals surface area contributed by atoms with Crippen molar-refractivity contribution < 1.29 is 9.59 Å². The predicted molar refractivity (Wildman–Crippen MR) is 90.6 cm³/mol. The Bertz CT molecular complexity index is 621. The summed E-state index contributed by atoms with van der Waals surface area (Å²) in [5, 5.41) is 9.78. The minimum Gasteiger partial charge on any atom is -0.356 e. The number of amides is 2. The van der Waals surface area contributed by atoms with Gasteiger partial charge in [-0.15, -0.1) is 22.7 Å². The minimum absolute atomic E-state index is 0.0397. The van der Waals surface area contributed by atoms with Crippen molar-refractivity contribution in [2.75, 3.05) is 11.9 Å². The molecule has 5 nitrogen and oxygen atoms in total. The molecule has 2 aromatic heterocycles. The Hall–Kier alpha value is -1.73. The van der Waals surface area contributed by atoms with Crippen molar-refractivity contribution in [2.45, 2.75) is 26.7 Å². The molecule has 0 radical (unpaired) electrons. The largest absolute Gasteiger partial charge is 0.356 e. The Morgan fingerprint density at radius 2 is 2.14 bits per heavy atom. The average Bonchev–Trinajstić information content (AvgIpc) is 3.09. The lowest BCUT2D eigenvalue weighted by Crippen LogP contribution is -2.27. The molecule has 0 spiro atoms. The summed E-state index contributed by atoms with van der Waals surface area (Å²) in [6.45, 7) is 4.92. The molecule has 2 heterocycles. The van der Waals surface area contributed by atoms with Crippen LogP contribution in [0.5, 0.6) is 0 Å². The number of carbonyl (C=O) groups is 2. The molecule has 22 heavy (non-hydrogen) atoms. The van der Waals surface area contributed by atoms with E-state index < -0.39 is 0 Å². The summed E-state index contributed by atoms with van der Waals surface area (Å²) >= 11 is 2.71. The van der Waals surface area contributed by atoms with E-state index in [0.29, 0.717) is 28.2 Å². The quantitative estimate of drug-likeness (QED) is 0.815. The van der Waals surface area contributed by atoms with Gasteiger partial charge in [0.1, 0.15) is 0 Å². The van der Waals surface area contributed by atoms with Gasteiger partial charge in [0.15, 0.2) is 5.13 Å². The number of hydrogen-bond acceptors (Lipinski definition) is 5. The van der Waals surface area contributed by atoms with Crippen LogP contribution in [-0.4, -0.2) is 23.3 Å². The van der Waals surface area contributed by atoms with E-state index in [0.717, 1.165) is 6.42 Å². The SMILES string of the molecule is CC(C)CCNC(=O)Cc1csc(NC(=O)c2cccs2)n1. The van der Waals surface area contributed by atoms with Gasteiger partial charge in [-0.05, 0) is 23.8 Å². The van der Waals surface area contributed by atoms with Crippen LogP contribution in [0.3, 0.4) is 0 Å². The van der Waals surface area contributed by atoms with Crippen LogP contribution in [0.1, 0.15) is 35.6 Å². The standard InChI is InChI=1S/C15H19N3O2S2/c1-10(2)5-6-16-13(19)8-11-9-22-15(17-11)18-14(20)12-4-3-7-21-12/h3-4,7,9-10H,5-6,8H2,1-2H3,(H,16,19)(H,17,18,20). The van der Waals surface area contributed by atoms with Crippen LogP contribution in [0.2, 0.25) is 0 Å². The zero-order valence-corrected chi connectivity index (χ0v) is 14.2. The van der Waals surface area contributed by atoms with E-state index in [2.05, 4.69) is 29.5 Å². The van der Waals surface area contributed by atoms with Crippen LogP contribution in [0.15, 0.2) is 22.9 Å². The fourth-order valence-corrected chi connectivity index (χ4v) is 3.06. The average molecular weight is 337 g/mol. The van der Waals surface area contributed by atoms with E-state index in [1.807, 2.05) is 11.4 Å². The summed E-state index contributed by atoms with van der Waals surface area (Å²) < 4.78 is 0. The first-order chi connectivity index (χ1) is 10.5. The molecule has 7 heteroatoms. The van der Waals surface area contributed by atoms with Crippen LogP contribution in [0.25, 0.3) is 0 Å². The topological polar surface area (TPSA) is 71.1 Å². The monoisotopic (exact) mass is 337 g/mol. The van der Waals surface area contributed by atoms with E-state index in [1.54, 1.807) is 11.4 Å². The molecule has 0 saturated carbocycles. The van der Waals surface area contributed by atoms with E-state index >= 15 is 0 Å². The Kier molecular flexibility index (Phi) is 6.09. The van der Waals surface area contributed by atoms with Gasteiger partial charge in [-0.3, -0.25) is 14.9 Å². The highest BCUT2D eigenvalue weighted by atomic mass is 32.1. The van der Waals surface area contributed by atoms with Crippen LogP contribution in [0, 0.1) is 5.92 Å². The third kappa shape index (κ3) is 5.23. The Balaban J connectivity index is 1.81. The first kappa shape index (κ1) is 16.6. The van der Waals surface area contributed by atoms with Gasteiger partial charge in [0.05, 0.1) is 17.0 Å². The van der Waals surface area contributed by atoms with Gasteiger partial charge >= 0.3 is 0 Å². The van der Waals surface area contributed by atoms with Gasteiger partial charge in [0, 0.05) is 11.9 Å². The summed E-state index contributed by atoms with van der Waals surface area (Å²) in [6, 6.07) is 3.59. The third-order valence-corrected chi connectivity index (χ3v) is 4.58. The number of thiophene rings is 1. The van der Waals surface area contributed by atoms with Gasteiger partial charge in [0.25, 0.3) is 5.91 Å². The number of hydrogen-bond donors (Lipinski definition) is 2. The summed E-state index contributed by atoms with van der Waals surface area (Å²) in [7, 11) is 0. The van der Waals surface area contributed by atoms with Gasteiger partial charge in [-0.2, -0.15) is 0 Å². The maximum Gasteiger partial charge on any atom is 0.267 e. The second-order valence-corrected chi connectivity index (χ2v) is 7.09. The minimum atomic E-state index is -0.169. The van der Waals surface area contributed by atoms with Gasteiger partial charge in [0.2, 0.25) is 5.91 Å². The molecule has 0 bridgehead atoms. The summed E-state index contributed by atoms with van der Waals surface area (Å²) in [6.07, 6.45) is 1.20. The lowest BCUT2D eigenvalue weighted by atomic mass is 10.1. The second kappa shape index (κ2) is 8.05. The number of rotatable bonds is 7. The smallest absolute Gasteiger partial charge is 0.267 e. The van der Waals surface area contributed by atoms with Crippen molar-refractivity contribution in [3.8, 4) is 0 Å². The zero-order valence-electron chi connectivity index (χ0n) is 12.6. The summed E-state index contributed by atoms with van der Waals surface area (Å²) in [5.74, 6) is 0.359. The van der Waals surface area contributed by atoms with E-state index in [4.69, 9.17) is 0 Å². The Labute approximate surface area is 137 Å². The molecule has 2 rings (SSSR count).